The maximum atomic E-state index is 12.6. The lowest BCUT2D eigenvalue weighted by molar-refractivity contribution is -0.384. The van der Waals surface area contributed by atoms with Gasteiger partial charge in [0.05, 0.1) is 16.2 Å². The molecular formula is C18H17N3O5. The third-order valence-electron chi connectivity index (χ3n) is 4.25. The van der Waals surface area contributed by atoms with E-state index < -0.39 is 17.0 Å². The van der Waals surface area contributed by atoms with Gasteiger partial charge in [0.25, 0.3) is 11.6 Å². The number of nitrogen functional groups attached to an aromatic ring is 1. The molecule has 26 heavy (non-hydrogen) atoms. The van der Waals surface area contributed by atoms with E-state index in [9.17, 15) is 19.7 Å². The number of benzene rings is 2. The van der Waals surface area contributed by atoms with Gasteiger partial charge in [-0.1, -0.05) is 18.2 Å². The summed E-state index contributed by atoms with van der Waals surface area (Å²) >= 11 is 0. The molecule has 134 valence electrons. The molecular weight excluding hydrogens is 338 g/mol. The van der Waals surface area contributed by atoms with E-state index in [2.05, 4.69) is 0 Å². The lowest BCUT2D eigenvalue weighted by Gasteiger charge is -2.21. The number of hydrogen-bond donors (Lipinski definition) is 1. The van der Waals surface area contributed by atoms with Crippen LogP contribution in [-0.4, -0.2) is 29.4 Å². The Morgan fingerprint density at radius 3 is 2.69 bits per heavy atom. The highest BCUT2D eigenvalue weighted by atomic mass is 16.6. The van der Waals surface area contributed by atoms with Crippen LogP contribution in [0.15, 0.2) is 42.5 Å². The summed E-state index contributed by atoms with van der Waals surface area (Å²) in [4.78, 5) is 36.6. The molecule has 8 nitrogen and oxygen atoms in total. The van der Waals surface area contributed by atoms with Crippen molar-refractivity contribution < 1.29 is 19.2 Å². The fraction of sp³-hybridized carbons (Fsp3) is 0.222. The fourth-order valence-electron chi connectivity index (χ4n) is 2.91. The van der Waals surface area contributed by atoms with E-state index in [4.69, 9.17) is 10.5 Å². The number of hydrogen-bond acceptors (Lipinski definition) is 6. The molecule has 1 atom stereocenters. The number of rotatable bonds is 4. The van der Waals surface area contributed by atoms with Crippen molar-refractivity contribution in [2.24, 2.45) is 0 Å². The second-order valence-electron chi connectivity index (χ2n) is 5.94. The number of nitro benzene ring substituents is 1. The molecule has 1 aliphatic rings. The number of nitro groups is 1. The van der Waals surface area contributed by atoms with Crippen LogP contribution < -0.4 is 10.6 Å². The Morgan fingerprint density at radius 2 is 2.00 bits per heavy atom. The van der Waals surface area contributed by atoms with Crippen LogP contribution in [-0.2, 0) is 16.0 Å². The zero-order valence-electron chi connectivity index (χ0n) is 14.0. The molecule has 0 spiro atoms. The maximum Gasteiger partial charge on any atom is 0.341 e. The predicted octanol–water partition coefficient (Wildman–Crippen LogP) is 2.31. The minimum absolute atomic E-state index is 0.0166. The Labute approximate surface area is 149 Å². The normalized spacial score (nSPS) is 13.8. The number of nitrogens with zero attached hydrogens (tertiary/aromatic N) is 2. The van der Waals surface area contributed by atoms with Crippen LogP contribution in [0.1, 0.15) is 22.8 Å². The number of carbonyl (C=O) groups excluding carboxylic acids is 2. The summed E-state index contributed by atoms with van der Waals surface area (Å²) in [7, 11) is 0. The molecule has 2 aromatic carbocycles. The molecule has 0 aromatic heterocycles. The van der Waals surface area contributed by atoms with Crippen molar-refractivity contribution in [1.82, 2.24) is 0 Å². The summed E-state index contributed by atoms with van der Waals surface area (Å²) in [5.41, 5.74) is 7.26. The average molecular weight is 355 g/mol. The van der Waals surface area contributed by atoms with Crippen LogP contribution in [0.2, 0.25) is 0 Å². The van der Waals surface area contributed by atoms with Gasteiger partial charge < -0.3 is 15.4 Å². The molecule has 0 fully saturated rings. The lowest BCUT2D eigenvalue weighted by Crippen LogP contribution is -2.39. The number of non-ortho nitro benzene ring substituents is 1. The molecule has 2 N–H and O–H groups in total. The summed E-state index contributed by atoms with van der Waals surface area (Å²) in [5, 5.41) is 10.7. The van der Waals surface area contributed by atoms with E-state index in [1.165, 1.54) is 13.0 Å². The summed E-state index contributed by atoms with van der Waals surface area (Å²) in [6.45, 7) is 2.02. The van der Waals surface area contributed by atoms with Crippen LogP contribution in [0.3, 0.4) is 0 Å². The largest absolute Gasteiger partial charge is 0.449 e. The van der Waals surface area contributed by atoms with E-state index in [0.717, 1.165) is 29.8 Å². The predicted molar refractivity (Wildman–Crippen MR) is 94.9 cm³/mol. The second kappa shape index (κ2) is 6.83. The van der Waals surface area contributed by atoms with E-state index in [1.807, 2.05) is 24.3 Å². The number of carbonyl (C=O) groups is 2. The third-order valence-corrected chi connectivity index (χ3v) is 4.25. The highest BCUT2D eigenvalue weighted by molar-refractivity contribution is 6.01. The Bertz CT molecular complexity index is 896. The highest BCUT2D eigenvalue weighted by Gasteiger charge is 2.30. The van der Waals surface area contributed by atoms with Crippen LogP contribution >= 0.6 is 0 Å². The van der Waals surface area contributed by atoms with Crippen molar-refractivity contribution in [3.05, 3.63) is 63.7 Å². The summed E-state index contributed by atoms with van der Waals surface area (Å²) < 4.78 is 5.23. The first kappa shape index (κ1) is 17.4. The number of para-hydroxylation sites is 1. The van der Waals surface area contributed by atoms with Gasteiger partial charge in [0, 0.05) is 24.4 Å². The van der Waals surface area contributed by atoms with Crippen molar-refractivity contribution >= 4 is 28.9 Å². The SMILES string of the molecule is CC(OC(=O)c1ccc([N+](=O)[O-])cc1N)C(=O)N1CCc2ccccc21. The molecule has 0 radical (unpaired) electrons. The fourth-order valence-corrected chi connectivity index (χ4v) is 2.91. The van der Waals surface area contributed by atoms with Crippen LogP contribution in [0.25, 0.3) is 0 Å². The monoisotopic (exact) mass is 355 g/mol. The Kier molecular flexibility index (Phi) is 4.57. The Morgan fingerprint density at radius 1 is 1.27 bits per heavy atom. The number of fused-ring (bicyclic) bond motifs is 1. The standard InChI is InChI=1S/C18H17N3O5/c1-11(17(22)20-9-8-12-4-2-3-5-16(12)20)26-18(23)14-7-6-13(21(24)25)10-15(14)19/h2-7,10-11H,8-9,19H2,1H3. The van der Waals surface area contributed by atoms with Crippen molar-refractivity contribution in [2.75, 3.05) is 17.2 Å². The van der Waals surface area contributed by atoms with E-state index in [1.54, 1.807) is 4.90 Å². The molecule has 1 unspecified atom stereocenters. The van der Waals surface area contributed by atoms with Crippen molar-refractivity contribution in [3.8, 4) is 0 Å². The third kappa shape index (κ3) is 3.21. The number of amides is 1. The molecule has 2 aromatic rings. The minimum atomic E-state index is -1.01. The molecule has 8 heteroatoms. The summed E-state index contributed by atoms with van der Waals surface area (Å²) in [5.74, 6) is -1.13. The first-order valence-corrected chi connectivity index (χ1v) is 8.02. The van der Waals surface area contributed by atoms with Crippen molar-refractivity contribution in [2.45, 2.75) is 19.4 Å². The molecule has 3 rings (SSSR count). The van der Waals surface area contributed by atoms with Gasteiger partial charge in [-0.05, 0) is 31.0 Å². The molecule has 0 saturated carbocycles. The van der Waals surface area contributed by atoms with Gasteiger partial charge in [-0.15, -0.1) is 0 Å². The van der Waals surface area contributed by atoms with Gasteiger partial charge in [-0.25, -0.2) is 4.79 Å². The number of anilines is 2. The average Bonchev–Trinajstić information content (AvgIpc) is 3.04. The van der Waals surface area contributed by atoms with Crippen LogP contribution in [0.5, 0.6) is 0 Å². The molecule has 0 bridgehead atoms. The van der Waals surface area contributed by atoms with Crippen LogP contribution in [0.4, 0.5) is 17.1 Å². The molecule has 1 heterocycles. The number of nitrogens with two attached hydrogens (primary N) is 1. The van der Waals surface area contributed by atoms with E-state index >= 15 is 0 Å². The van der Waals surface area contributed by atoms with Gasteiger partial charge in [-0.2, -0.15) is 0 Å². The van der Waals surface area contributed by atoms with Gasteiger partial charge in [0.15, 0.2) is 6.10 Å². The topological polar surface area (TPSA) is 116 Å². The van der Waals surface area contributed by atoms with E-state index in [0.29, 0.717) is 6.54 Å². The molecule has 1 amide bonds. The maximum absolute atomic E-state index is 12.6. The number of ether oxygens (including phenoxy) is 1. The highest BCUT2D eigenvalue weighted by Crippen LogP contribution is 2.28. The van der Waals surface area contributed by atoms with Gasteiger partial charge >= 0.3 is 5.97 Å². The van der Waals surface area contributed by atoms with Crippen LogP contribution in [0, 0.1) is 10.1 Å². The smallest absolute Gasteiger partial charge is 0.341 e. The molecule has 0 aliphatic carbocycles. The Hall–Kier alpha value is -3.42. The summed E-state index contributed by atoms with van der Waals surface area (Å²) in [6.07, 6.45) is -0.263. The first-order valence-electron chi connectivity index (χ1n) is 8.02. The van der Waals surface area contributed by atoms with Gasteiger partial charge in [-0.3, -0.25) is 14.9 Å². The van der Waals surface area contributed by atoms with Crippen molar-refractivity contribution in [1.29, 1.82) is 0 Å². The van der Waals surface area contributed by atoms with Gasteiger partial charge in [0.1, 0.15) is 0 Å². The summed E-state index contributed by atoms with van der Waals surface area (Å²) in [6, 6.07) is 11.0. The Balaban J connectivity index is 1.72. The zero-order valence-corrected chi connectivity index (χ0v) is 14.0. The minimum Gasteiger partial charge on any atom is -0.449 e. The second-order valence-corrected chi connectivity index (χ2v) is 5.94. The molecule has 0 saturated heterocycles. The van der Waals surface area contributed by atoms with Crippen molar-refractivity contribution in [3.63, 3.8) is 0 Å². The van der Waals surface area contributed by atoms with Gasteiger partial charge in [0.2, 0.25) is 0 Å². The molecule has 1 aliphatic heterocycles. The first-order chi connectivity index (χ1) is 12.4. The lowest BCUT2D eigenvalue weighted by atomic mass is 10.1. The quantitative estimate of drug-likeness (QED) is 0.389. The number of esters is 1. The zero-order chi connectivity index (χ0) is 18.8. The van der Waals surface area contributed by atoms with E-state index in [-0.39, 0.29) is 22.8 Å².